The Bertz CT molecular complexity index is 555. The topological polar surface area (TPSA) is 46.5 Å². The minimum absolute atomic E-state index is 0.0222. The molecule has 3 saturated carbocycles. The summed E-state index contributed by atoms with van der Waals surface area (Å²) in [6, 6.07) is 0. The summed E-state index contributed by atoms with van der Waals surface area (Å²) >= 11 is 0. The number of carbonyl (C=O) groups excluding carboxylic acids is 1. The van der Waals surface area contributed by atoms with Crippen molar-refractivity contribution in [2.75, 3.05) is 7.11 Å². The van der Waals surface area contributed by atoms with Crippen LogP contribution in [-0.2, 0) is 9.53 Å². The van der Waals surface area contributed by atoms with Crippen LogP contribution in [0.3, 0.4) is 0 Å². The summed E-state index contributed by atoms with van der Waals surface area (Å²) in [4.78, 5) is 12.3. The highest BCUT2D eigenvalue weighted by Crippen LogP contribution is 2.65. The predicted octanol–water partition coefficient (Wildman–Crippen LogP) is 3.96. The number of ether oxygens (including phenoxy) is 1. The number of rotatable bonds is 1. The van der Waals surface area contributed by atoms with Crippen LogP contribution in [0.4, 0.5) is 0 Å². The SMILES string of the molecule is COC(=O)[C@@H]1CC[C@@H]2[C@H]3CC[C@H]4C[C@H](O)CC[C@]4(C)[C@@H]3C=C[C@@]21C. The molecule has 0 bridgehead atoms. The molecule has 3 heteroatoms. The second-order valence-electron chi connectivity index (χ2n) is 9.38. The number of aliphatic hydroxyl groups excluding tert-OH is 1. The Labute approximate surface area is 145 Å². The van der Waals surface area contributed by atoms with Gasteiger partial charge in [-0.05, 0) is 74.0 Å². The fourth-order valence-electron chi connectivity index (χ4n) is 7.13. The number of aliphatic hydroxyl groups is 1. The molecule has 1 N–H and O–H groups in total. The van der Waals surface area contributed by atoms with Gasteiger partial charge in [-0.3, -0.25) is 4.79 Å². The number of carbonyl (C=O) groups is 1. The lowest BCUT2D eigenvalue weighted by molar-refractivity contribution is -0.149. The van der Waals surface area contributed by atoms with Crippen LogP contribution < -0.4 is 0 Å². The first-order valence-electron chi connectivity index (χ1n) is 9.85. The van der Waals surface area contributed by atoms with Crippen molar-refractivity contribution in [1.82, 2.24) is 0 Å². The number of hydrogen-bond acceptors (Lipinski definition) is 3. The van der Waals surface area contributed by atoms with Crippen molar-refractivity contribution < 1.29 is 14.6 Å². The summed E-state index contributed by atoms with van der Waals surface area (Å²) in [5.41, 5.74) is 0.314. The van der Waals surface area contributed by atoms with Gasteiger partial charge < -0.3 is 9.84 Å². The molecule has 4 aliphatic carbocycles. The van der Waals surface area contributed by atoms with Crippen LogP contribution in [0.25, 0.3) is 0 Å². The molecule has 0 heterocycles. The number of hydrogen-bond donors (Lipinski definition) is 1. The van der Waals surface area contributed by atoms with Crippen molar-refractivity contribution in [3.63, 3.8) is 0 Å². The Morgan fingerprint density at radius 2 is 1.96 bits per heavy atom. The third-order valence-corrected chi connectivity index (χ3v) is 8.56. The molecular formula is C21H32O3. The van der Waals surface area contributed by atoms with E-state index >= 15 is 0 Å². The van der Waals surface area contributed by atoms with E-state index in [0.717, 1.165) is 32.1 Å². The van der Waals surface area contributed by atoms with Gasteiger partial charge in [0.2, 0.25) is 0 Å². The van der Waals surface area contributed by atoms with E-state index < -0.39 is 0 Å². The standard InChI is InChI=1S/C21H32O3/c1-20-10-8-14(22)12-13(20)4-5-15-16-6-7-18(19(23)24-3)21(16,2)11-9-17(15)20/h9,11,13-18,22H,4-8,10,12H2,1-3H3/t13-,14+,15+,16+,17+,18-,20-,21-/m0/s1. The molecule has 4 aliphatic rings. The fraction of sp³-hybridized carbons (Fsp3) is 0.857. The minimum atomic E-state index is -0.0901. The first kappa shape index (κ1) is 16.6. The second-order valence-corrected chi connectivity index (χ2v) is 9.38. The summed E-state index contributed by atoms with van der Waals surface area (Å²) in [5, 5.41) is 10.1. The van der Waals surface area contributed by atoms with Crippen molar-refractivity contribution in [3.8, 4) is 0 Å². The molecule has 0 saturated heterocycles. The zero-order valence-electron chi connectivity index (χ0n) is 15.3. The predicted molar refractivity (Wildman–Crippen MR) is 93.1 cm³/mol. The molecular weight excluding hydrogens is 300 g/mol. The molecule has 24 heavy (non-hydrogen) atoms. The first-order chi connectivity index (χ1) is 11.4. The van der Waals surface area contributed by atoms with Crippen LogP contribution in [0.2, 0.25) is 0 Å². The molecule has 8 atom stereocenters. The zero-order valence-corrected chi connectivity index (χ0v) is 15.3. The van der Waals surface area contributed by atoms with E-state index in [1.165, 1.54) is 20.0 Å². The highest BCUT2D eigenvalue weighted by Gasteiger charge is 2.59. The van der Waals surface area contributed by atoms with Gasteiger partial charge >= 0.3 is 5.97 Å². The molecule has 0 radical (unpaired) electrons. The summed E-state index contributed by atoms with van der Waals surface area (Å²) < 4.78 is 5.10. The van der Waals surface area contributed by atoms with Crippen molar-refractivity contribution in [1.29, 1.82) is 0 Å². The van der Waals surface area contributed by atoms with Gasteiger partial charge in [-0.2, -0.15) is 0 Å². The fourth-order valence-corrected chi connectivity index (χ4v) is 7.13. The Balaban J connectivity index is 1.66. The average molecular weight is 332 g/mol. The maximum Gasteiger partial charge on any atom is 0.309 e. The monoisotopic (exact) mass is 332 g/mol. The van der Waals surface area contributed by atoms with Gasteiger partial charge in [-0.15, -0.1) is 0 Å². The van der Waals surface area contributed by atoms with Crippen molar-refractivity contribution >= 4 is 5.97 Å². The molecule has 0 aromatic rings. The molecule has 4 rings (SSSR count). The van der Waals surface area contributed by atoms with Gasteiger partial charge in [-0.1, -0.05) is 26.0 Å². The van der Waals surface area contributed by atoms with Crippen LogP contribution in [0.15, 0.2) is 12.2 Å². The van der Waals surface area contributed by atoms with Crippen molar-refractivity contribution in [2.45, 2.75) is 64.9 Å². The van der Waals surface area contributed by atoms with E-state index in [1.807, 2.05) is 0 Å². The summed E-state index contributed by atoms with van der Waals surface area (Å²) in [6.45, 7) is 4.76. The van der Waals surface area contributed by atoms with Crippen LogP contribution in [0, 0.1) is 40.4 Å². The number of allylic oxidation sites excluding steroid dienone is 2. The molecule has 0 amide bonds. The highest BCUT2D eigenvalue weighted by molar-refractivity contribution is 5.74. The van der Waals surface area contributed by atoms with Crippen molar-refractivity contribution in [2.24, 2.45) is 40.4 Å². The largest absolute Gasteiger partial charge is 0.469 e. The van der Waals surface area contributed by atoms with E-state index in [9.17, 15) is 9.90 Å². The lowest BCUT2D eigenvalue weighted by atomic mass is 9.47. The lowest BCUT2D eigenvalue weighted by Crippen LogP contribution is -2.52. The summed E-state index contributed by atoms with van der Waals surface area (Å²) in [6.07, 6.45) is 12.5. The molecule has 134 valence electrons. The molecule has 0 aromatic carbocycles. The van der Waals surface area contributed by atoms with Crippen LogP contribution in [0.1, 0.15) is 58.8 Å². The average Bonchev–Trinajstić information content (AvgIpc) is 2.92. The van der Waals surface area contributed by atoms with E-state index in [1.54, 1.807) is 0 Å². The molecule has 0 unspecified atom stereocenters. The molecule has 0 spiro atoms. The first-order valence-corrected chi connectivity index (χ1v) is 9.85. The second kappa shape index (κ2) is 5.59. The van der Waals surface area contributed by atoms with Crippen LogP contribution in [-0.4, -0.2) is 24.3 Å². The minimum Gasteiger partial charge on any atom is -0.469 e. The number of esters is 1. The highest BCUT2D eigenvalue weighted by atomic mass is 16.5. The third-order valence-electron chi connectivity index (χ3n) is 8.56. The zero-order chi connectivity index (χ0) is 17.1. The van der Waals surface area contributed by atoms with Crippen molar-refractivity contribution in [3.05, 3.63) is 12.2 Å². The van der Waals surface area contributed by atoms with Gasteiger partial charge in [0.25, 0.3) is 0 Å². The van der Waals surface area contributed by atoms with Gasteiger partial charge in [0, 0.05) is 5.41 Å². The van der Waals surface area contributed by atoms with Gasteiger partial charge in [0.05, 0.1) is 19.1 Å². The third kappa shape index (κ3) is 2.16. The lowest BCUT2D eigenvalue weighted by Gasteiger charge is -2.58. The maximum absolute atomic E-state index is 12.3. The Morgan fingerprint density at radius 1 is 1.17 bits per heavy atom. The molecule has 0 aliphatic heterocycles. The van der Waals surface area contributed by atoms with E-state index in [0.29, 0.717) is 29.1 Å². The number of methoxy groups -OCH3 is 1. The summed E-state index contributed by atoms with van der Waals surface area (Å²) in [7, 11) is 1.52. The Hall–Kier alpha value is -0.830. The number of fused-ring (bicyclic) bond motifs is 5. The van der Waals surface area contributed by atoms with Gasteiger partial charge in [0.15, 0.2) is 0 Å². The molecule has 3 nitrogen and oxygen atoms in total. The van der Waals surface area contributed by atoms with E-state index in [4.69, 9.17) is 4.74 Å². The maximum atomic E-state index is 12.3. The Morgan fingerprint density at radius 3 is 2.71 bits per heavy atom. The summed E-state index contributed by atoms with van der Waals surface area (Å²) in [5.74, 6) is 2.60. The molecule has 3 fully saturated rings. The quantitative estimate of drug-likeness (QED) is 0.584. The van der Waals surface area contributed by atoms with E-state index in [2.05, 4.69) is 26.0 Å². The van der Waals surface area contributed by atoms with Crippen LogP contribution in [0.5, 0.6) is 0 Å². The Kier molecular flexibility index (Phi) is 3.87. The van der Waals surface area contributed by atoms with Gasteiger partial charge in [0.1, 0.15) is 0 Å². The van der Waals surface area contributed by atoms with Crippen LogP contribution >= 0.6 is 0 Å². The molecule has 0 aromatic heterocycles. The smallest absolute Gasteiger partial charge is 0.309 e. The van der Waals surface area contributed by atoms with Gasteiger partial charge in [-0.25, -0.2) is 0 Å². The normalized spacial score (nSPS) is 53.0. The van der Waals surface area contributed by atoms with E-state index in [-0.39, 0.29) is 23.4 Å².